The zero-order chi connectivity index (χ0) is 48.3. The summed E-state index contributed by atoms with van der Waals surface area (Å²) in [5.41, 5.74) is 1.93. The molecule has 0 bridgehead atoms. The molecule has 1 aromatic rings. The Morgan fingerprint density at radius 1 is 0.409 bits per heavy atom. The zero-order valence-corrected chi connectivity index (χ0v) is 43.6. The molecule has 382 valence electrons. The second-order valence-electron chi connectivity index (χ2n) is 19.5. The van der Waals surface area contributed by atoms with Crippen molar-refractivity contribution in [3.05, 3.63) is 34.9 Å². The fourth-order valence-corrected chi connectivity index (χ4v) is 8.55. The van der Waals surface area contributed by atoms with Crippen LogP contribution >= 0.6 is 0 Å². The van der Waals surface area contributed by atoms with E-state index in [4.69, 9.17) is 9.47 Å². The van der Waals surface area contributed by atoms with Gasteiger partial charge in [0.2, 0.25) is 11.8 Å². The van der Waals surface area contributed by atoms with E-state index >= 15 is 0 Å². The van der Waals surface area contributed by atoms with E-state index in [1.807, 2.05) is 12.1 Å². The van der Waals surface area contributed by atoms with Crippen LogP contribution in [0.25, 0.3) is 0 Å². The van der Waals surface area contributed by atoms with Gasteiger partial charge in [0.25, 0.3) is 11.8 Å². The minimum atomic E-state index is -0.201. The van der Waals surface area contributed by atoms with Gasteiger partial charge in [-0.1, -0.05) is 170 Å². The van der Waals surface area contributed by atoms with Crippen molar-refractivity contribution in [2.45, 2.75) is 228 Å². The van der Waals surface area contributed by atoms with Gasteiger partial charge in [0.1, 0.15) is 0 Å². The van der Waals surface area contributed by atoms with E-state index < -0.39 is 0 Å². The van der Waals surface area contributed by atoms with Crippen LogP contribution in [0.3, 0.4) is 0 Å². The number of nitrogens with one attached hydrogen (secondary N) is 4. The van der Waals surface area contributed by atoms with Crippen LogP contribution in [-0.2, 0) is 25.5 Å². The fraction of sp³-hybridized carbons (Fsp3) is 0.821. The number of amides is 4. The molecule has 0 fully saturated rings. The molecule has 0 heterocycles. The SMILES string of the molecule is CCCCCCCCC(CCCCCC)C(=O)NCCCOCCCNC(=O)c1cc(CC(C)C)cc(C(=O)NCCCOCCCNC(=O)C(CCCCCC)CCCCCCCC)c1. The van der Waals surface area contributed by atoms with E-state index in [1.54, 1.807) is 6.07 Å². The van der Waals surface area contributed by atoms with Gasteiger partial charge >= 0.3 is 0 Å². The van der Waals surface area contributed by atoms with Crippen molar-refractivity contribution in [3.8, 4) is 0 Å². The highest BCUT2D eigenvalue weighted by molar-refractivity contribution is 6.00. The largest absolute Gasteiger partial charge is 0.381 e. The van der Waals surface area contributed by atoms with Crippen LogP contribution in [0.1, 0.15) is 248 Å². The van der Waals surface area contributed by atoms with Gasteiger partial charge in [-0.25, -0.2) is 0 Å². The summed E-state index contributed by atoms with van der Waals surface area (Å²) >= 11 is 0. The smallest absolute Gasteiger partial charge is 0.251 e. The molecule has 1 aromatic carbocycles. The summed E-state index contributed by atoms with van der Waals surface area (Å²) in [4.78, 5) is 52.5. The fourth-order valence-electron chi connectivity index (χ4n) is 8.55. The maximum Gasteiger partial charge on any atom is 0.251 e. The number of benzene rings is 1. The maximum absolute atomic E-state index is 13.2. The molecule has 0 saturated carbocycles. The first-order valence-corrected chi connectivity index (χ1v) is 27.6. The summed E-state index contributed by atoms with van der Waals surface area (Å²) in [6.45, 7) is 17.5. The second kappa shape index (κ2) is 43.3. The molecule has 10 nitrogen and oxygen atoms in total. The zero-order valence-electron chi connectivity index (χ0n) is 43.6. The lowest BCUT2D eigenvalue weighted by Gasteiger charge is -2.17. The van der Waals surface area contributed by atoms with E-state index in [1.165, 1.54) is 103 Å². The monoisotopic (exact) mass is 927 g/mol. The van der Waals surface area contributed by atoms with Gasteiger partial charge in [0, 0.05) is 75.6 Å². The molecule has 2 atom stereocenters. The first kappa shape index (κ1) is 61.0. The number of hydrogen-bond donors (Lipinski definition) is 4. The lowest BCUT2D eigenvalue weighted by atomic mass is 9.93. The van der Waals surface area contributed by atoms with Crippen molar-refractivity contribution in [2.75, 3.05) is 52.6 Å². The Kier molecular flexibility index (Phi) is 40.1. The third-order valence-electron chi connectivity index (χ3n) is 12.6. The number of rotatable bonds is 46. The van der Waals surface area contributed by atoms with Crippen LogP contribution in [0, 0.1) is 17.8 Å². The van der Waals surface area contributed by atoms with Gasteiger partial charge < -0.3 is 30.7 Å². The van der Waals surface area contributed by atoms with Gasteiger partial charge in [-0.15, -0.1) is 0 Å². The number of ether oxygens (including phenoxy) is 2. The van der Waals surface area contributed by atoms with E-state index in [9.17, 15) is 19.2 Å². The molecule has 0 spiro atoms. The van der Waals surface area contributed by atoms with Crippen molar-refractivity contribution in [3.63, 3.8) is 0 Å². The molecule has 10 heteroatoms. The molecule has 0 aliphatic heterocycles. The molecular formula is C56H102N4O6. The Morgan fingerprint density at radius 2 is 0.712 bits per heavy atom. The summed E-state index contributed by atoms with van der Waals surface area (Å²) < 4.78 is 11.7. The third-order valence-corrected chi connectivity index (χ3v) is 12.6. The first-order chi connectivity index (χ1) is 32.2. The topological polar surface area (TPSA) is 135 Å². The van der Waals surface area contributed by atoms with Crippen molar-refractivity contribution in [1.82, 2.24) is 21.3 Å². The predicted octanol–water partition coefficient (Wildman–Crippen LogP) is 12.8. The van der Waals surface area contributed by atoms with Crippen LogP contribution < -0.4 is 21.3 Å². The highest BCUT2D eigenvalue weighted by Gasteiger charge is 2.19. The van der Waals surface area contributed by atoms with Crippen molar-refractivity contribution < 1.29 is 28.7 Å². The predicted molar refractivity (Wildman–Crippen MR) is 276 cm³/mol. The van der Waals surface area contributed by atoms with E-state index in [-0.39, 0.29) is 35.5 Å². The molecule has 66 heavy (non-hydrogen) atoms. The van der Waals surface area contributed by atoms with E-state index in [0.29, 0.717) is 82.5 Å². The standard InChI is InChI=1S/C56H102N4O6/c1-7-11-15-19-21-25-33-49(31-23-17-13-9-3)53(61)57-35-27-39-65-41-29-37-59-55(63)51-44-48(43-47(5)6)45-52(46-51)56(64)60-38-30-42-66-40-28-36-58-54(62)50(32-24-18-14-10-4)34-26-22-20-16-12-8-2/h44-47,49-50H,7-43H2,1-6H3,(H,57,61)(H,58,62)(H,59,63)(H,60,64). The summed E-state index contributed by atoms with van der Waals surface area (Å²) in [5.74, 6) is 0.605. The molecule has 4 N–H and O–H groups in total. The molecule has 4 amide bonds. The molecule has 0 aliphatic carbocycles. The summed E-state index contributed by atoms with van der Waals surface area (Å²) in [5, 5.41) is 12.4. The van der Waals surface area contributed by atoms with Crippen molar-refractivity contribution >= 4 is 23.6 Å². The van der Waals surface area contributed by atoms with Crippen LogP contribution in [0.4, 0.5) is 0 Å². The van der Waals surface area contributed by atoms with Crippen molar-refractivity contribution in [1.29, 1.82) is 0 Å². The number of carbonyl (C=O) groups excluding carboxylic acids is 4. The Morgan fingerprint density at radius 3 is 1.05 bits per heavy atom. The second-order valence-corrected chi connectivity index (χ2v) is 19.5. The van der Waals surface area contributed by atoms with Gasteiger partial charge in [-0.2, -0.15) is 0 Å². The number of carbonyl (C=O) groups is 4. The quantitative estimate of drug-likeness (QED) is 0.0481. The molecule has 0 aliphatic rings. The first-order valence-electron chi connectivity index (χ1n) is 27.6. The number of hydrogen-bond acceptors (Lipinski definition) is 6. The Hall–Kier alpha value is -2.98. The average molecular weight is 927 g/mol. The molecule has 0 aromatic heterocycles. The summed E-state index contributed by atoms with van der Waals surface area (Å²) in [7, 11) is 0. The lowest BCUT2D eigenvalue weighted by molar-refractivity contribution is -0.126. The van der Waals surface area contributed by atoms with Crippen LogP contribution in [-0.4, -0.2) is 76.2 Å². The molecule has 1 rings (SSSR count). The summed E-state index contributed by atoms with van der Waals surface area (Å²) in [6, 6.07) is 5.45. The van der Waals surface area contributed by atoms with Gasteiger partial charge in [-0.05, 0) is 87.5 Å². The lowest BCUT2D eigenvalue weighted by Crippen LogP contribution is -2.32. The molecular weight excluding hydrogens is 825 g/mol. The van der Waals surface area contributed by atoms with E-state index in [0.717, 1.165) is 76.2 Å². The number of unbranched alkanes of at least 4 members (excludes halogenated alkanes) is 16. The molecule has 0 saturated heterocycles. The molecule has 2 unspecified atom stereocenters. The van der Waals surface area contributed by atoms with Crippen LogP contribution in [0.2, 0.25) is 0 Å². The van der Waals surface area contributed by atoms with Gasteiger partial charge in [0.05, 0.1) is 0 Å². The highest BCUT2D eigenvalue weighted by atomic mass is 16.5. The Bertz CT molecular complexity index is 1260. The third kappa shape index (κ3) is 33.5. The molecule has 0 radical (unpaired) electrons. The van der Waals surface area contributed by atoms with Gasteiger partial charge in [0.15, 0.2) is 0 Å². The van der Waals surface area contributed by atoms with Crippen molar-refractivity contribution in [2.24, 2.45) is 17.8 Å². The average Bonchev–Trinajstić information content (AvgIpc) is 3.30. The van der Waals surface area contributed by atoms with E-state index in [2.05, 4.69) is 62.8 Å². The Labute approximate surface area is 405 Å². The minimum Gasteiger partial charge on any atom is -0.381 e. The normalized spacial score (nSPS) is 12.3. The minimum absolute atomic E-state index is 0.117. The maximum atomic E-state index is 13.2. The van der Waals surface area contributed by atoms with Crippen LogP contribution in [0.5, 0.6) is 0 Å². The van der Waals surface area contributed by atoms with Gasteiger partial charge in [-0.3, -0.25) is 19.2 Å². The highest BCUT2D eigenvalue weighted by Crippen LogP contribution is 2.21. The van der Waals surface area contributed by atoms with Crippen LogP contribution in [0.15, 0.2) is 18.2 Å². The summed E-state index contributed by atoms with van der Waals surface area (Å²) in [6.07, 6.45) is 32.1. The Balaban J connectivity index is 2.40.